The number of rotatable bonds is 3. The van der Waals surface area contributed by atoms with Gasteiger partial charge < -0.3 is 9.84 Å². The lowest BCUT2D eigenvalue weighted by molar-refractivity contribution is -0.151. The third kappa shape index (κ3) is 2.36. The van der Waals surface area contributed by atoms with Crippen LogP contribution in [-0.2, 0) is 17.6 Å². The fourth-order valence-electron chi connectivity index (χ4n) is 2.51. The SMILES string of the molecule is O=C(O)C1(Cc2sccc2Br)COc2ccccc2C1. The Morgan fingerprint density at radius 1 is 1.40 bits per heavy atom. The second-order valence-electron chi connectivity index (χ2n) is 5.03. The zero-order valence-corrected chi connectivity index (χ0v) is 13.0. The third-order valence-electron chi connectivity index (χ3n) is 3.65. The molecule has 0 fully saturated rings. The predicted octanol–water partition coefficient (Wildman–Crippen LogP) is 3.76. The van der Waals surface area contributed by atoms with E-state index in [9.17, 15) is 9.90 Å². The van der Waals surface area contributed by atoms with Gasteiger partial charge >= 0.3 is 5.97 Å². The zero-order chi connectivity index (χ0) is 14.2. The van der Waals surface area contributed by atoms with Gasteiger partial charge in [-0.25, -0.2) is 0 Å². The molecule has 0 aliphatic carbocycles. The molecule has 0 bridgehead atoms. The zero-order valence-electron chi connectivity index (χ0n) is 10.6. The molecule has 0 saturated carbocycles. The maximum Gasteiger partial charge on any atom is 0.313 e. The highest BCUT2D eigenvalue weighted by Crippen LogP contribution is 2.39. The van der Waals surface area contributed by atoms with Crippen molar-refractivity contribution >= 4 is 33.2 Å². The van der Waals surface area contributed by atoms with Crippen LogP contribution in [0.15, 0.2) is 40.2 Å². The lowest BCUT2D eigenvalue weighted by Gasteiger charge is -2.34. The monoisotopic (exact) mass is 352 g/mol. The summed E-state index contributed by atoms with van der Waals surface area (Å²) < 4.78 is 6.67. The summed E-state index contributed by atoms with van der Waals surface area (Å²) in [6.45, 7) is 0.212. The number of ether oxygens (including phenoxy) is 1. The van der Waals surface area contributed by atoms with Crippen molar-refractivity contribution in [1.82, 2.24) is 0 Å². The fraction of sp³-hybridized carbons (Fsp3) is 0.267. The first-order chi connectivity index (χ1) is 9.61. The summed E-state index contributed by atoms with van der Waals surface area (Å²) in [5.74, 6) is 0.00178. The number of fused-ring (bicyclic) bond motifs is 1. The summed E-state index contributed by atoms with van der Waals surface area (Å²) in [5, 5.41) is 11.7. The molecular weight excluding hydrogens is 340 g/mol. The van der Waals surface area contributed by atoms with E-state index in [1.54, 1.807) is 11.3 Å². The number of hydrogen-bond acceptors (Lipinski definition) is 3. The van der Waals surface area contributed by atoms with Crippen molar-refractivity contribution in [3.8, 4) is 5.75 Å². The Morgan fingerprint density at radius 3 is 2.90 bits per heavy atom. The summed E-state index contributed by atoms with van der Waals surface area (Å²) in [4.78, 5) is 12.9. The van der Waals surface area contributed by atoms with Crippen LogP contribution in [0.3, 0.4) is 0 Å². The number of para-hydroxylation sites is 1. The van der Waals surface area contributed by atoms with Crippen LogP contribution in [0.5, 0.6) is 5.75 Å². The molecule has 1 aliphatic heterocycles. The highest BCUT2D eigenvalue weighted by atomic mass is 79.9. The van der Waals surface area contributed by atoms with Crippen LogP contribution in [0.25, 0.3) is 0 Å². The average molecular weight is 353 g/mol. The van der Waals surface area contributed by atoms with Crippen molar-refractivity contribution in [2.24, 2.45) is 5.41 Å². The Bertz CT molecular complexity index is 652. The van der Waals surface area contributed by atoms with E-state index in [2.05, 4.69) is 15.9 Å². The van der Waals surface area contributed by atoms with Gasteiger partial charge in [-0.15, -0.1) is 11.3 Å². The summed E-state index contributed by atoms with van der Waals surface area (Å²) >= 11 is 5.05. The minimum atomic E-state index is -0.887. The maximum atomic E-state index is 11.8. The van der Waals surface area contributed by atoms with Crippen LogP contribution in [0.4, 0.5) is 0 Å². The summed E-state index contributed by atoms with van der Waals surface area (Å²) in [6.07, 6.45) is 0.984. The first-order valence-electron chi connectivity index (χ1n) is 6.27. The Balaban J connectivity index is 1.95. The minimum absolute atomic E-state index is 0.212. The van der Waals surface area contributed by atoms with Crippen molar-refractivity contribution in [3.05, 3.63) is 50.6 Å². The van der Waals surface area contributed by atoms with Gasteiger partial charge in [0.25, 0.3) is 0 Å². The molecule has 3 rings (SSSR count). The van der Waals surface area contributed by atoms with Crippen molar-refractivity contribution in [1.29, 1.82) is 0 Å². The quantitative estimate of drug-likeness (QED) is 0.914. The lowest BCUT2D eigenvalue weighted by Crippen LogP contribution is -2.43. The molecule has 104 valence electrons. The van der Waals surface area contributed by atoms with Crippen LogP contribution in [0, 0.1) is 5.41 Å². The van der Waals surface area contributed by atoms with E-state index in [1.165, 1.54) is 0 Å². The van der Waals surface area contributed by atoms with Gasteiger partial charge in [-0.3, -0.25) is 4.79 Å². The van der Waals surface area contributed by atoms with Gasteiger partial charge in [0.15, 0.2) is 0 Å². The van der Waals surface area contributed by atoms with Crippen molar-refractivity contribution < 1.29 is 14.6 Å². The minimum Gasteiger partial charge on any atom is -0.492 e. The molecule has 5 heteroatoms. The van der Waals surface area contributed by atoms with E-state index < -0.39 is 11.4 Å². The van der Waals surface area contributed by atoms with Gasteiger partial charge in [-0.2, -0.15) is 0 Å². The Hall–Kier alpha value is -1.33. The van der Waals surface area contributed by atoms with Crippen LogP contribution in [0.1, 0.15) is 10.4 Å². The number of carboxylic acid groups (broad SMARTS) is 1. The Labute approximate surface area is 129 Å². The Kier molecular flexibility index (Phi) is 3.56. The van der Waals surface area contributed by atoms with Crippen LogP contribution >= 0.6 is 27.3 Å². The number of carbonyl (C=O) groups is 1. The first-order valence-corrected chi connectivity index (χ1v) is 7.94. The third-order valence-corrected chi connectivity index (χ3v) is 5.58. The summed E-state index contributed by atoms with van der Waals surface area (Å²) in [6, 6.07) is 9.61. The molecule has 1 aliphatic rings. The molecule has 2 aromatic rings. The maximum absolute atomic E-state index is 11.8. The second kappa shape index (κ2) is 5.22. The van der Waals surface area contributed by atoms with Crippen LogP contribution in [-0.4, -0.2) is 17.7 Å². The summed E-state index contributed by atoms with van der Waals surface area (Å²) in [7, 11) is 0. The molecule has 0 radical (unpaired) electrons. The molecular formula is C15H13BrO3S. The standard InChI is InChI=1S/C15H13BrO3S/c16-11-5-6-20-13(11)8-15(14(17)18)7-10-3-1-2-4-12(10)19-9-15/h1-6H,7-9H2,(H,17,18). The van der Waals surface area contributed by atoms with E-state index in [0.29, 0.717) is 12.8 Å². The molecule has 1 unspecified atom stereocenters. The van der Waals surface area contributed by atoms with Crippen molar-refractivity contribution in [3.63, 3.8) is 0 Å². The number of benzene rings is 1. The Morgan fingerprint density at radius 2 is 2.20 bits per heavy atom. The van der Waals surface area contributed by atoms with Gasteiger partial charge in [-0.1, -0.05) is 18.2 Å². The van der Waals surface area contributed by atoms with Crippen molar-refractivity contribution in [2.45, 2.75) is 12.8 Å². The second-order valence-corrected chi connectivity index (χ2v) is 6.88. The number of hydrogen-bond donors (Lipinski definition) is 1. The molecule has 1 N–H and O–H groups in total. The molecule has 1 atom stereocenters. The first kappa shape index (κ1) is 13.6. The number of thiophene rings is 1. The molecule has 3 nitrogen and oxygen atoms in total. The molecule has 20 heavy (non-hydrogen) atoms. The summed E-state index contributed by atoms with van der Waals surface area (Å²) in [5.41, 5.74) is 0.0793. The fourth-order valence-corrected chi connectivity index (χ4v) is 4.14. The smallest absolute Gasteiger partial charge is 0.313 e. The molecule has 1 aromatic carbocycles. The van der Waals surface area contributed by atoms with Crippen LogP contribution in [0.2, 0.25) is 0 Å². The van der Waals surface area contributed by atoms with E-state index >= 15 is 0 Å². The molecule has 0 saturated heterocycles. The van der Waals surface area contributed by atoms with Gasteiger partial charge in [0.05, 0.1) is 0 Å². The highest BCUT2D eigenvalue weighted by molar-refractivity contribution is 9.10. The number of carboxylic acids is 1. The van der Waals surface area contributed by atoms with Crippen LogP contribution < -0.4 is 4.74 Å². The molecule has 2 heterocycles. The average Bonchev–Trinajstić information content (AvgIpc) is 2.84. The predicted molar refractivity (Wildman–Crippen MR) is 81.4 cm³/mol. The van der Waals surface area contributed by atoms with Gasteiger partial charge in [0, 0.05) is 15.8 Å². The molecule has 0 spiro atoms. The number of halogens is 1. The normalized spacial score (nSPS) is 21.1. The van der Waals surface area contributed by atoms with E-state index in [-0.39, 0.29) is 6.61 Å². The van der Waals surface area contributed by atoms with Crippen molar-refractivity contribution in [2.75, 3.05) is 6.61 Å². The van der Waals surface area contributed by atoms with E-state index in [1.807, 2.05) is 35.7 Å². The topological polar surface area (TPSA) is 46.5 Å². The molecule has 1 aromatic heterocycles. The number of aliphatic carboxylic acids is 1. The van der Waals surface area contributed by atoms with Gasteiger partial charge in [0.2, 0.25) is 0 Å². The highest BCUT2D eigenvalue weighted by Gasteiger charge is 2.43. The van der Waals surface area contributed by atoms with E-state index in [4.69, 9.17) is 4.74 Å². The van der Waals surface area contributed by atoms with Gasteiger partial charge in [0.1, 0.15) is 17.8 Å². The van der Waals surface area contributed by atoms with E-state index in [0.717, 1.165) is 20.7 Å². The van der Waals surface area contributed by atoms with Gasteiger partial charge in [-0.05, 0) is 45.4 Å². The lowest BCUT2D eigenvalue weighted by atomic mass is 9.77. The molecule has 0 amide bonds. The largest absolute Gasteiger partial charge is 0.492 e.